The van der Waals surface area contributed by atoms with E-state index in [9.17, 15) is 18.8 Å². The van der Waals surface area contributed by atoms with Crippen LogP contribution in [0.1, 0.15) is 26.4 Å². The van der Waals surface area contributed by atoms with Gasteiger partial charge in [-0.15, -0.1) is 0 Å². The molecule has 0 atom stereocenters. The molecule has 3 aromatic rings. The predicted octanol–water partition coefficient (Wildman–Crippen LogP) is 1.43. The summed E-state index contributed by atoms with van der Waals surface area (Å²) in [4.78, 5) is 41.9. The number of nitrogens with zero attached hydrogens (tertiary/aromatic N) is 3. The second kappa shape index (κ2) is 6.64. The number of imide groups is 1. The number of benzene rings is 1. The lowest BCUT2D eigenvalue weighted by atomic mass is 10.1. The number of fused-ring (bicyclic) bond motifs is 2. The first-order chi connectivity index (χ1) is 13.0. The number of imidazole rings is 1. The highest BCUT2D eigenvalue weighted by atomic mass is 19.1. The first kappa shape index (κ1) is 16.9. The molecule has 0 saturated heterocycles. The molecule has 2 aromatic heterocycles. The molecule has 1 aliphatic heterocycles. The van der Waals surface area contributed by atoms with Crippen molar-refractivity contribution >= 4 is 23.4 Å². The van der Waals surface area contributed by atoms with Crippen molar-refractivity contribution in [2.45, 2.75) is 6.42 Å². The molecule has 8 heteroatoms. The topological polar surface area (TPSA) is 83.8 Å². The molecule has 1 aromatic carbocycles. The molecule has 3 amide bonds. The van der Waals surface area contributed by atoms with Crippen molar-refractivity contribution in [2.75, 3.05) is 13.1 Å². The van der Waals surface area contributed by atoms with Crippen molar-refractivity contribution in [1.82, 2.24) is 19.6 Å². The number of carbonyl (C=O) groups is 3. The van der Waals surface area contributed by atoms with Crippen LogP contribution < -0.4 is 5.32 Å². The lowest BCUT2D eigenvalue weighted by molar-refractivity contribution is -0.121. The Kier molecular flexibility index (Phi) is 4.15. The van der Waals surface area contributed by atoms with Gasteiger partial charge in [-0.3, -0.25) is 19.3 Å². The Balaban J connectivity index is 1.33. The number of aromatic nitrogens is 2. The monoisotopic (exact) mass is 366 g/mol. The molecule has 0 bridgehead atoms. The third-order valence-electron chi connectivity index (χ3n) is 4.35. The van der Waals surface area contributed by atoms with Crippen LogP contribution in [0.2, 0.25) is 0 Å². The quantitative estimate of drug-likeness (QED) is 0.693. The first-order valence-corrected chi connectivity index (χ1v) is 8.38. The van der Waals surface area contributed by atoms with Crippen LogP contribution in [0, 0.1) is 5.82 Å². The van der Waals surface area contributed by atoms with Gasteiger partial charge in [-0.2, -0.15) is 0 Å². The maximum Gasteiger partial charge on any atom is 0.262 e. The average Bonchev–Trinajstić information content (AvgIpc) is 3.16. The van der Waals surface area contributed by atoms with Gasteiger partial charge in [0.2, 0.25) is 5.91 Å². The molecule has 0 spiro atoms. The van der Waals surface area contributed by atoms with Gasteiger partial charge in [0.15, 0.2) is 0 Å². The second-order valence-corrected chi connectivity index (χ2v) is 6.19. The molecule has 1 N–H and O–H groups in total. The summed E-state index contributed by atoms with van der Waals surface area (Å²) < 4.78 is 14.8. The van der Waals surface area contributed by atoms with Crippen LogP contribution in [0.25, 0.3) is 5.65 Å². The van der Waals surface area contributed by atoms with E-state index in [0.29, 0.717) is 28.9 Å². The molecule has 27 heavy (non-hydrogen) atoms. The van der Waals surface area contributed by atoms with Crippen LogP contribution in [0.4, 0.5) is 4.39 Å². The van der Waals surface area contributed by atoms with Gasteiger partial charge in [0.05, 0.1) is 16.8 Å². The Morgan fingerprint density at radius 1 is 1.04 bits per heavy atom. The van der Waals surface area contributed by atoms with Gasteiger partial charge in [0.25, 0.3) is 11.8 Å². The fourth-order valence-electron chi connectivity index (χ4n) is 3.05. The molecule has 0 radical (unpaired) electrons. The SMILES string of the molecule is O=C(CN1C(=O)c2ccccc2C1=O)NCCc1cn2cc(F)ccc2n1. The van der Waals surface area contributed by atoms with Crippen molar-refractivity contribution in [3.05, 3.63) is 71.4 Å². The molecular weight excluding hydrogens is 351 g/mol. The van der Waals surface area contributed by atoms with Crippen LogP contribution in [0.3, 0.4) is 0 Å². The summed E-state index contributed by atoms with van der Waals surface area (Å²) in [7, 11) is 0. The second-order valence-electron chi connectivity index (χ2n) is 6.19. The average molecular weight is 366 g/mol. The number of rotatable bonds is 5. The smallest absolute Gasteiger partial charge is 0.262 e. The third kappa shape index (κ3) is 3.17. The maximum absolute atomic E-state index is 13.2. The summed E-state index contributed by atoms with van der Waals surface area (Å²) >= 11 is 0. The number of halogens is 1. The van der Waals surface area contributed by atoms with E-state index >= 15 is 0 Å². The van der Waals surface area contributed by atoms with Gasteiger partial charge in [-0.05, 0) is 24.3 Å². The summed E-state index contributed by atoms with van der Waals surface area (Å²) in [6.07, 6.45) is 3.46. The van der Waals surface area contributed by atoms with Gasteiger partial charge >= 0.3 is 0 Å². The lowest BCUT2D eigenvalue weighted by Gasteiger charge is -2.13. The predicted molar refractivity (Wildman–Crippen MR) is 93.7 cm³/mol. The highest BCUT2D eigenvalue weighted by Gasteiger charge is 2.36. The van der Waals surface area contributed by atoms with E-state index in [1.807, 2.05) is 0 Å². The van der Waals surface area contributed by atoms with E-state index in [2.05, 4.69) is 10.3 Å². The summed E-state index contributed by atoms with van der Waals surface area (Å²) in [5, 5.41) is 2.67. The van der Waals surface area contributed by atoms with Crippen molar-refractivity contribution in [2.24, 2.45) is 0 Å². The molecule has 0 saturated carbocycles. The maximum atomic E-state index is 13.2. The Labute approximate surface area is 153 Å². The zero-order valence-electron chi connectivity index (χ0n) is 14.2. The summed E-state index contributed by atoms with van der Waals surface area (Å²) in [6.45, 7) is -0.0446. The highest BCUT2D eigenvalue weighted by molar-refractivity contribution is 6.22. The normalized spacial score (nSPS) is 13.3. The molecule has 0 unspecified atom stereocenters. The number of nitrogens with one attached hydrogen (secondary N) is 1. The molecule has 1 aliphatic rings. The van der Waals surface area contributed by atoms with E-state index < -0.39 is 17.7 Å². The standard InChI is InChI=1S/C19H15FN4O3/c20-12-5-6-16-22-13(10-23(16)9-12)7-8-21-17(25)11-24-18(26)14-3-1-2-4-15(14)19(24)27/h1-6,9-10H,7-8,11H2,(H,21,25). The summed E-state index contributed by atoms with van der Waals surface area (Å²) in [5.74, 6) is -1.72. The third-order valence-corrected chi connectivity index (χ3v) is 4.35. The summed E-state index contributed by atoms with van der Waals surface area (Å²) in [5.41, 5.74) is 1.94. The highest BCUT2D eigenvalue weighted by Crippen LogP contribution is 2.21. The van der Waals surface area contributed by atoms with E-state index in [4.69, 9.17) is 0 Å². The minimum atomic E-state index is -0.465. The van der Waals surface area contributed by atoms with Crippen LogP contribution >= 0.6 is 0 Å². The Morgan fingerprint density at radius 2 is 1.74 bits per heavy atom. The van der Waals surface area contributed by atoms with Crippen molar-refractivity contribution in [1.29, 1.82) is 0 Å². The van der Waals surface area contributed by atoms with E-state index in [1.165, 1.54) is 12.3 Å². The zero-order valence-corrected chi connectivity index (χ0v) is 14.2. The molecule has 136 valence electrons. The molecule has 7 nitrogen and oxygen atoms in total. The fourth-order valence-corrected chi connectivity index (χ4v) is 3.05. The van der Waals surface area contributed by atoms with Crippen molar-refractivity contribution in [3.63, 3.8) is 0 Å². The van der Waals surface area contributed by atoms with Crippen LogP contribution in [0.15, 0.2) is 48.8 Å². The fraction of sp³-hybridized carbons (Fsp3) is 0.158. The number of hydrogen-bond donors (Lipinski definition) is 1. The molecule has 3 heterocycles. The number of amides is 3. The Hall–Kier alpha value is -3.55. The van der Waals surface area contributed by atoms with E-state index in [1.54, 1.807) is 40.9 Å². The zero-order chi connectivity index (χ0) is 19.0. The van der Waals surface area contributed by atoms with Crippen molar-refractivity contribution < 1.29 is 18.8 Å². The molecular formula is C19H15FN4O3. The van der Waals surface area contributed by atoms with Crippen LogP contribution in [0.5, 0.6) is 0 Å². The van der Waals surface area contributed by atoms with Gasteiger partial charge in [-0.1, -0.05) is 12.1 Å². The van der Waals surface area contributed by atoms with E-state index in [0.717, 1.165) is 4.90 Å². The molecule has 0 aliphatic carbocycles. The molecule has 4 rings (SSSR count). The first-order valence-electron chi connectivity index (χ1n) is 8.38. The molecule has 0 fully saturated rings. The number of carbonyl (C=O) groups excluding carboxylic acids is 3. The van der Waals surface area contributed by atoms with Gasteiger partial charge in [-0.25, -0.2) is 9.37 Å². The Bertz CT molecular complexity index is 1040. The number of pyridine rings is 1. The summed E-state index contributed by atoms with van der Waals surface area (Å²) in [6, 6.07) is 9.39. The van der Waals surface area contributed by atoms with E-state index in [-0.39, 0.29) is 18.9 Å². The van der Waals surface area contributed by atoms with Crippen LogP contribution in [-0.2, 0) is 11.2 Å². The van der Waals surface area contributed by atoms with Crippen molar-refractivity contribution in [3.8, 4) is 0 Å². The van der Waals surface area contributed by atoms with Crippen LogP contribution in [-0.4, -0.2) is 45.1 Å². The Morgan fingerprint density at radius 3 is 2.44 bits per heavy atom. The van der Waals surface area contributed by atoms with Gasteiger partial charge in [0.1, 0.15) is 18.0 Å². The number of hydrogen-bond acceptors (Lipinski definition) is 4. The van der Waals surface area contributed by atoms with Gasteiger partial charge in [0, 0.05) is 25.4 Å². The largest absolute Gasteiger partial charge is 0.354 e. The minimum Gasteiger partial charge on any atom is -0.354 e. The minimum absolute atomic E-state index is 0.286. The van der Waals surface area contributed by atoms with Gasteiger partial charge < -0.3 is 9.72 Å². The lowest BCUT2D eigenvalue weighted by Crippen LogP contribution is -2.40.